The molecule has 2 N–H and O–H groups in total. The van der Waals surface area contributed by atoms with Gasteiger partial charge in [-0.2, -0.15) is 0 Å². The van der Waals surface area contributed by atoms with Crippen LogP contribution in [0.3, 0.4) is 0 Å². The molecule has 106 valence electrons. The largest absolute Gasteiger partial charge is 0.369 e. The highest BCUT2D eigenvalue weighted by Crippen LogP contribution is 2.24. The molecule has 0 amide bonds. The van der Waals surface area contributed by atoms with Gasteiger partial charge in [0, 0.05) is 24.0 Å². The van der Waals surface area contributed by atoms with Crippen LogP contribution in [0.1, 0.15) is 27.2 Å². The van der Waals surface area contributed by atoms with E-state index in [-0.39, 0.29) is 5.54 Å². The Bertz CT molecular complexity index is 564. The number of thiazole rings is 1. The van der Waals surface area contributed by atoms with Gasteiger partial charge < -0.3 is 5.73 Å². The molecular formula is C13H18N6S. The Labute approximate surface area is 122 Å². The molecule has 0 unspecified atom stereocenters. The fourth-order valence-corrected chi connectivity index (χ4v) is 2.10. The van der Waals surface area contributed by atoms with Crippen molar-refractivity contribution in [3.05, 3.63) is 30.0 Å². The molecule has 2 rings (SSSR count). The Hall–Kier alpha value is -2.02. The number of hydrogen-bond donors (Lipinski definition) is 1. The lowest BCUT2D eigenvalue weighted by Gasteiger charge is -2.23. The van der Waals surface area contributed by atoms with E-state index in [0.29, 0.717) is 17.0 Å². The number of nitrogens with zero attached hydrogens (tertiary/aromatic N) is 5. The highest BCUT2D eigenvalue weighted by atomic mass is 32.1. The van der Waals surface area contributed by atoms with Crippen molar-refractivity contribution < 1.29 is 0 Å². The summed E-state index contributed by atoms with van der Waals surface area (Å²) in [4.78, 5) is 19.0. The predicted molar refractivity (Wildman–Crippen MR) is 82.3 cm³/mol. The molecule has 0 saturated carbocycles. The zero-order valence-corrected chi connectivity index (χ0v) is 12.6. The van der Waals surface area contributed by atoms with E-state index in [1.807, 2.05) is 19.2 Å². The first kappa shape index (κ1) is 14.4. The molecular weight excluding hydrogens is 272 g/mol. The number of anilines is 2. The predicted octanol–water partition coefficient (Wildman–Crippen LogP) is 2.57. The van der Waals surface area contributed by atoms with Crippen molar-refractivity contribution in [2.75, 3.05) is 4.90 Å². The van der Waals surface area contributed by atoms with Crippen molar-refractivity contribution in [3.8, 4) is 0 Å². The lowest BCUT2D eigenvalue weighted by Crippen LogP contribution is -2.37. The summed E-state index contributed by atoms with van der Waals surface area (Å²) in [5, 5.41) is 2.58. The summed E-state index contributed by atoms with van der Waals surface area (Å²) in [5.74, 6) is 0.814. The highest BCUT2D eigenvalue weighted by molar-refractivity contribution is 7.13. The zero-order chi connectivity index (χ0) is 14.6. The third-order valence-electron chi connectivity index (χ3n) is 2.87. The minimum absolute atomic E-state index is 0.242. The molecule has 2 heterocycles. The van der Waals surface area contributed by atoms with Crippen molar-refractivity contribution in [2.45, 2.75) is 32.7 Å². The van der Waals surface area contributed by atoms with Crippen molar-refractivity contribution >= 4 is 28.4 Å². The molecule has 0 bridgehead atoms. The molecule has 2 aromatic rings. The molecule has 0 radical (unpaired) electrons. The smallest absolute Gasteiger partial charge is 0.238 e. The van der Waals surface area contributed by atoms with Gasteiger partial charge in [-0.15, -0.1) is 11.3 Å². The van der Waals surface area contributed by atoms with Crippen LogP contribution in [-0.4, -0.2) is 26.5 Å². The van der Waals surface area contributed by atoms with E-state index in [1.165, 1.54) is 11.3 Å². The zero-order valence-electron chi connectivity index (χ0n) is 11.8. The van der Waals surface area contributed by atoms with Gasteiger partial charge in [-0.25, -0.2) is 24.8 Å². The van der Waals surface area contributed by atoms with Crippen LogP contribution in [0.15, 0.2) is 35.0 Å². The molecule has 0 spiro atoms. The van der Waals surface area contributed by atoms with E-state index < -0.39 is 0 Å². The maximum atomic E-state index is 6.17. The SMILES string of the molecule is CCC(C)(C)N=C(N)N(c1ncccn1)c1nccs1. The molecule has 7 heteroatoms. The van der Waals surface area contributed by atoms with Crippen LogP contribution >= 0.6 is 11.3 Å². The van der Waals surface area contributed by atoms with Gasteiger partial charge in [-0.05, 0) is 26.3 Å². The van der Waals surface area contributed by atoms with Gasteiger partial charge in [0.1, 0.15) is 0 Å². The number of hydrogen-bond acceptors (Lipinski definition) is 5. The molecule has 0 aliphatic carbocycles. The van der Waals surface area contributed by atoms with Crippen LogP contribution in [0.2, 0.25) is 0 Å². The van der Waals surface area contributed by atoms with Gasteiger partial charge in [0.25, 0.3) is 0 Å². The Morgan fingerprint density at radius 1 is 1.30 bits per heavy atom. The molecule has 0 saturated heterocycles. The van der Waals surface area contributed by atoms with Crippen LogP contribution in [0.4, 0.5) is 11.1 Å². The monoisotopic (exact) mass is 290 g/mol. The topological polar surface area (TPSA) is 80.3 Å². The van der Waals surface area contributed by atoms with Gasteiger partial charge in [0.15, 0.2) is 5.13 Å². The van der Waals surface area contributed by atoms with Crippen molar-refractivity contribution in [1.29, 1.82) is 0 Å². The number of aromatic nitrogens is 3. The van der Waals surface area contributed by atoms with E-state index in [4.69, 9.17) is 5.73 Å². The summed E-state index contributed by atoms with van der Waals surface area (Å²) >= 11 is 1.46. The quantitative estimate of drug-likeness (QED) is 0.691. The molecule has 0 aliphatic rings. The fraction of sp³-hybridized carbons (Fsp3) is 0.385. The van der Waals surface area contributed by atoms with Crippen LogP contribution in [0, 0.1) is 0 Å². The van der Waals surface area contributed by atoms with Crippen LogP contribution in [-0.2, 0) is 0 Å². The number of guanidine groups is 1. The second-order valence-electron chi connectivity index (χ2n) is 4.83. The third-order valence-corrected chi connectivity index (χ3v) is 3.63. The molecule has 0 aromatic carbocycles. The second-order valence-corrected chi connectivity index (χ2v) is 5.71. The van der Waals surface area contributed by atoms with Crippen LogP contribution < -0.4 is 10.6 Å². The maximum absolute atomic E-state index is 6.17. The third kappa shape index (κ3) is 3.30. The Kier molecular flexibility index (Phi) is 4.29. The molecule has 2 aromatic heterocycles. The summed E-state index contributed by atoms with van der Waals surface area (Å²) in [5.41, 5.74) is 5.92. The number of aliphatic imine (C=N–C) groups is 1. The lowest BCUT2D eigenvalue weighted by atomic mass is 10.0. The van der Waals surface area contributed by atoms with E-state index in [1.54, 1.807) is 29.6 Å². The minimum Gasteiger partial charge on any atom is -0.369 e. The average Bonchev–Trinajstić information content (AvgIpc) is 2.93. The van der Waals surface area contributed by atoms with E-state index in [2.05, 4.69) is 26.9 Å². The van der Waals surface area contributed by atoms with Gasteiger partial charge >= 0.3 is 0 Å². The fourth-order valence-electron chi connectivity index (χ4n) is 1.46. The number of nitrogens with two attached hydrogens (primary N) is 1. The molecule has 0 aliphatic heterocycles. The lowest BCUT2D eigenvalue weighted by molar-refractivity contribution is 0.503. The first-order valence-electron chi connectivity index (χ1n) is 6.35. The first-order chi connectivity index (χ1) is 9.53. The van der Waals surface area contributed by atoms with Gasteiger partial charge in [-0.3, -0.25) is 0 Å². The summed E-state index contributed by atoms with van der Waals surface area (Å²) < 4.78 is 0. The summed E-state index contributed by atoms with van der Waals surface area (Å²) in [6.07, 6.45) is 5.94. The Morgan fingerprint density at radius 2 is 2.00 bits per heavy atom. The van der Waals surface area contributed by atoms with Crippen LogP contribution in [0.5, 0.6) is 0 Å². The van der Waals surface area contributed by atoms with Crippen LogP contribution in [0.25, 0.3) is 0 Å². The maximum Gasteiger partial charge on any atom is 0.238 e. The van der Waals surface area contributed by atoms with Crippen molar-refractivity contribution in [1.82, 2.24) is 15.0 Å². The van der Waals surface area contributed by atoms with E-state index in [0.717, 1.165) is 6.42 Å². The molecule has 20 heavy (non-hydrogen) atoms. The second kappa shape index (κ2) is 5.96. The Morgan fingerprint density at radius 3 is 2.55 bits per heavy atom. The average molecular weight is 290 g/mol. The summed E-state index contributed by atoms with van der Waals surface area (Å²) in [7, 11) is 0. The first-order valence-corrected chi connectivity index (χ1v) is 7.23. The van der Waals surface area contributed by atoms with Gasteiger partial charge in [-0.1, -0.05) is 6.92 Å². The normalized spacial score (nSPS) is 12.4. The van der Waals surface area contributed by atoms with E-state index in [9.17, 15) is 0 Å². The van der Waals surface area contributed by atoms with E-state index >= 15 is 0 Å². The van der Waals surface area contributed by atoms with Crippen molar-refractivity contribution in [2.24, 2.45) is 10.7 Å². The molecule has 0 fully saturated rings. The molecule has 6 nitrogen and oxygen atoms in total. The van der Waals surface area contributed by atoms with Gasteiger partial charge in [0.05, 0.1) is 5.54 Å². The van der Waals surface area contributed by atoms with Gasteiger partial charge in [0.2, 0.25) is 11.9 Å². The summed E-state index contributed by atoms with van der Waals surface area (Å²) in [6, 6.07) is 1.76. The number of rotatable bonds is 4. The Balaban J connectivity index is 2.43. The highest BCUT2D eigenvalue weighted by Gasteiger charge is 2.22. The standard InChI is InChI=1S/C13H18N6S/c1-4-13(2,3)18-10(14)19(12-17-8-9-20-12)11-15-6-5-7-16-11/h5-9H,4H2,1-3H3,(H2,14,18). The molecule has 0 atom stereocenters. The van der Waals surface area contributed by atoms with Crippen molar-refractivity contribution in [3.63, 3.8) is 0 Å². The summed E-state index contributed by atoms with van der Waals surface area (Å²) in [6.45, 7) is 6.14. The minimum atomic E-state index is -0.242.